The predicted octanol–water partition coefficient (Wildman–Crippen LogP) is 7.54. The highest BCUT2D eigenvalue weighted by Gasteiger charge is 2.12. The SMILES string of the molecule is Clc1ccc2ccc(-c3cccc(-c4nc5c(-c6ccccc6)cccn5n4)c3)cc2c1. The van der Waals surface area contributed by atoms with Gasteiger partial charge in [-0.3, -0.25) is 0 Å². The van der Waals surface area contributed by atoms with Crippen LogP contribution in [0.25, 0.3) is 50.1 Å². The number of hydrogen-bond donors (Lipinski definition) is 0. The molecule has 0 N–H and O–H groups in total. The van der Waals surface area contributed by atoms with Crippen LogP contribution in [0.3, 0.4) is 0 Å². The first-order valence-corrected chi connectivity index (χ1v) is 10.8. The maximum atomic E-state index is 6.20. The fourth-order valence-electron chi connectivity index (χ4n) is 4.11. The molecular formula is C28H18ClN3. The Balaban J connectivity index is 1.44. The lowest BCUT2D eigenvalue weighted by atomic mass is 9.99. The summed E-state index contributed by atoms with van der Waals surface area (Å²) < 4.78 is 1.85. The molecule has 0 aliphatic carbocycles. The Bertz CT molecular complexity index is 1590. The van der Waals surface area contributed by atoms with Gasteiger partial charge in [0.15, 0.2) is 11.5 Å². The van der Waals surface area contributed by atoms with Crippen LogP contribution >= 0.6 is 11.6 Å². The van der Waals surface area contributed by atoms with E-state index in [1.165, 1.54) is 5.39 Å². The second kappa shape index (κ2) is 7.63. The molecule has 2 aromatic heterocycles. The highest BCUT2D eigenvalue weighted by molar-refractivity contribution is 6.31. The minimum atomic E-state index is 0.707. The molecule has 0 spiro atoms. The monoisotopic (exact) mass is 431 g/mol. The van der Waals surface area contributed by atoms with Crippen molar-refractivity contribution in [2.45, 2.75) is 0 Å². The van der Waals surface area contributed by atoms with Gasteiger partial charge in [-0.1, -0.05) is 78.3 Å². The van der Waals surface area contributed by atoms with E-state index >= 15 is 0 Å². The number of hydrogen-bond acceptors (Lipinski definition) is 2. The van der Waals surface area contributed by atoms with Crippen molar-refractivity contribution in [3.63, 3.8) is 0 Å². The van der Waals surface area contributed by atoms with Gasteiger partial charge in [-0.2, -0.15) is 0 Å². The van der Waals surface area contributed by atoms with Gasteiger partial charge >= 0.3 is 0 Å². The molecule has 0 amide bonds. The normalized spacial score (nSPS) is 11.3. The molecule has 152 valence electrons. The van der Waals surface area contributed by atoms with Crippen molar-refractivity contribution in [1.29, 1.82) is 0 Å². The van der Waals surface area contributed by atoms with E-state index in [0.717, 1.165) is 43.9 Å². The number of fused-ring (bicyclic) bond motifs is 2. The van der Waals surface area contributed by atoms with Crippen molar-refractivity contribution in [3.05, 3.63) is 114 Å². The van der Waals surface area contributed by atoms with E-state index in [-0.39, 0.29) is 0 Å². The highest BCUT2D eigenvalue weighted by Crippen LogP contribution is 2.30. The van der Waals surface area contributed by atoms with Crippen LogP contribution in [0.4, 0.5) is 0 Å². The standard InChI is InChI=1S/C28H18ClN3/c29-25-14-13-19-11-12-22(17-24(19)18-25)21-8-4-9-23(16-21)27-30-28-26(10-5-15-32(28)31-27)20-6-2-1-3-7-20/h1-18H. The van der Waals surface area contributed by atoms with Crippen LogP contribution < -0.4 is 0 Å². The third-order valence-corrected chi connectivity index (χ3v) is 5.94. The van der Waals surface area contributed by atoms with E-state index in [4.69, 9.17) is 21.7 Å². The summed E-state index contributed by atoms with van der Waals surface area (Å²) in [6, 6.07) is 35.1. The van der Waals surface area contributed by atoms with Crippen molar-refractivity contribution in [2.75, 3.05) is 0 Å². The quantitative estimate of drug-likeness (QED) is 0.289. The van der Waals surface area contributed by atoms with E-state index in [1.54, 1.807) is 0 Å². The zero-order valence-corrected chi connectivity index (χ0v) is 17.9. The maximum absolute atomic E-state index is 6.20. The zero-order valence-electron chi connectivity index (χ0n) is 17.1. The van der Waals surface area contributed by atoms with Crippen molar-refractivity contribution in [3.8, 4) is 33.6 Å². The van der Waals surface area contributed by atoms with Gasteiger partial charge < -0.3 is 0 Å². The van der Waals surface area contributed by atoms with E-state index in [1.807, 2.05) is 53.2 Å². The summed E-state index contributed by atoms with van der Waals surface area (Å²) >= 11 is 6.20. The minimum absolute atomic E-state index is 0.707. The Kier molecular flexibility index (Phi) is 4.48. The van der Waals surface area contributed by atoms with Gasteiger partial charge in [-0.15, -0.1) is 5.10 Å². The fraction of sp³-hybridized carbons (Fsp3) is 0. The number of benzene rings is 4. The second-order valence-corrected chi connectivity index (χ2v) is 8.21. The van der Waals surface area contributed by atoms with E-state index in [9.17, 15) is 0 Å². The van der Waals surface area contributed by atoms with Crippen LogP contribution in [-0.2, 0) is 0 Å². The molecule has 0 saturated carbocycles. The molecule has 2 heterocycles. The summed E-state index contributed by atoms with van der Waals surface area (Å²) in [5, 5.41) is 7.79. The van der Waals surface area contributed by atoms with Crippen LogP contribution in [0.2, 0.25) is 5.02 Å². The first-order valence-electron chi connectivity index (χ1n) is 10.5. The molecule has 4 heteroatoms. The molecule has 4 aromatic carbocycles. The molecule has 3 nitrogen and oxygen atoms in total. The second-order valence-electron chi connectivity index (χ2n) is 7.78. The van der Waals surface area contributed by atoms with E-state index in [0.29, 0.717) is 5.82 Å². The number of pyridine rings is 1. The summed E-state index contributed by atoms with van der Waals surface area (Å²) in [5.41, 5.74) is 6.27. The molecule has 32 heavy (non-hydrogen) atoms. The van der Waals surface area contributed by atoms with Crippen LogP contribution in [0, 0.1) is 0 Å². The Morgan fingerprint density at radius 2 is 1.38 bits per heavy atom. The first kappa shape index (κ1) is 18.8. The molecular weight excluding hydrogens is 414 g/mol. The van der Waals surface area contributed by atoms with Crippen molar-refractivity contribution in [2.24, 2.45) is 0 Å². The Hall–Kier alpha value is -3.95. The molecule has 0 saturated heterocycles. The molecule has 6 aromatic rings. The van der Waals surface area contributed by atoms with Crippen molar-refractivity contribution >= 4 is 28.0 Å². The molecule has 0 fully saturated rings. The summed E-state index contributed by atoms with van der Waals surface area (Å²) in [7, 11) is 0. The van der Waals surface area contributed by atoms with E-state index < -0.39 is 0 Å². The number of nitrogens with zero attached hydrogens (tertiary/aromatic N) is 3. The topological polar surface area (TPSA) is 30.2 Å². The lowest BCUT2D eigenvalue weighted by Gasteiger charge is -2.06. The highest BCUT2D eigenvalue weighted by atomic mass is 35.5. The molecule has 0 aliphatic heterocycles. The van der Waals surface area contributed by atoms with E-state index in [2.05, 4.69) is 60.7 Å². The lowest BCUT2D eigenvalue weighted by Crippen LogP contribution is -1.89. The van der Waals surface area contributed by atoms with Crippen LogP contribution in [-0.4, -0.2) is 14.6 Å². The van der Waals surface area contributed by atoms with Gasteiger partial charge in [-0.05, 0) is 63.9 Å². The van der Waals surface area contributed by atoms with Gasteiger partial charge in [0.05, 0.1) is 0 Å². The summed E-state index contributed by atoms with van der Waals surface area (Å²) in [5.74, 6) is 0.707. The number of halogens is 1. The molecule has 0 atom stereocenters. The third-order valence-electron chi connectivity index (χ3n) is 5.70. The van der Waals surface area contributed by atoms with Crippen molar-refractivity contribution in [1.82, 2.24) is 14.6 Å². The summed E-state index contributed by atoms with van der Waals surface area (Å²) in [6.07, 6.45) is 1.94. The summed E-state index contributed by atoms with van der Waals surface area (Å²) in [4.78, 5) is 4.89. The predicted molar refractivity (Wildman–Crippen MR) is 132 cm³/mol. The molecule has 0 aliphatic rings. The average molecular weight is 432 g/mol. The Morgan fingerprint density at radius 1 is 0.594 bits per heavy atom. The van der Waals surface area contributed by atoms with Crippen LogP contribution in [0.5, 0.6) is 0 Å². The first-order chi connectivity index (χ1) is 15.7. The Labute approximate surface area is 190 Å². The lowest BCUT2D eigenvalue weighted by molar-refractivity contribution is 0.967. The van der Waals surface area contributed by atoms with Gasteiger partial charge in [0.2, 0.25) is 0 Å². The van der Waals surface area contributed by atoms with Gasteiger partial charge in [0, 0.05) is 22.3 Å². The van der Waals surface area contributed by atoms with Crippen LogP contribution in [0.1, 0.15) is 0 Å². The summed E-state index contributed by atoms with van der Waals surface area (Å²) in [6.45, 7) is 0. The maximum Gasteiger partial charge on any atom is 0.182 e. The Morgan fingerprint density at radius 3 is 2.28 bits per heavy atom. The van der Waals surface area contributed by atoms with Gasteiger partial charge in [0.1, 0.15) is 0 Å². The van der Waals surface area contributed by atoms with Crippen molar-refractivity contribution < 1.29 is 0 Å². The minimum Gasteiger partial charge on any atom is -0.220 e. The zero-order chi connectivity index (χ0) is 21.5. The number of rotatable bonds is 3. The molecule has 0 bridgehead atoms. The smallest absolute Gasteiger partial charge is 0.182 e. The molecule has 6 rings (SSSR count). The average Bonchev–Trinajstić information content (AvgIpc) is 3.29. The third kappa shape index (κ3) is 3.33. The fourth-order valence-corrected chi connectivity index (χ4v) is 4.29. The number of aromatic nitrogens is 3. The molecule has 0 unspecified atom stereocenters. The van der Waals surface area contributed by atoms with Gasteiger partial charge in [-0.25, -0.2) is 9.50 Å². The van der Waals surface area contributed by atoms with Crippen LogP contribution in [0.15, 0.2) is 109 Å². The molecule has 0 radical (unpaired) electrons. The largest absolute Gasteiger partial charge is 0.220 e. The van der Waals surface area contributed by atoms with Gasteiger partial charge in [0.25, 0.3) is 0 Å².